The number of carboxylic acid groups (broad SMARTS) is 2. The summed E-state index contributed by atoms with van der Waals surface area (Å²) in [5.74, 6) is -10.1. The number of para-hydroxylation sites is 6. The maximum absolute atomic E-state index is 13.3. The monoisotopic (exact) mass is 838 g/mol. The van der Waals surface area contributed by atoms with Gasteiger partial charge in [-0.2, -0.15) is 0 Å². The standard InChI is InChI=1S/C46H30O16/c47-39(57-35-21-9-3-15-29(35)43(53)61-37-23-11-5-17-31(37)45(55)59-33-19-7-1-13-27(33)41(49)50)25-26-40(48)58-36-22-10-4-16-30(36)44(54)62-38-24-12-6-18-32(38)46(56)60-34-20-8-2-14-28(34)42(51)52/h1-24H,25-26H2,(H,49,50)(H,51,52). The van der Waals surface area contributed by atoms with E-state index in [1.165, 1.54) is 146 Å². The van der Waals surface area contributed by atoms with Gasteiger partial charge in [-0.05, 0) is 72.8 Å². The minimum atomic E-state index is -1.33. The van der Waals surface area contributed by atoms with Crippen LogP contribution in [0, 0.1) is 0 Å². The molecule has 0 saturated carbocycles. The summed E-state index contributed by atoms with van der Waals surface area (Å²) in [5.41, 5.74) is -1.42. The van der Waals surface area contributed by atoms with Crippen LogP contribution in [0.25, 0.3) is 0 Å². The minimum absolute atomic E-state index is 0.213. The Balaban J connectivity index is 1.06. The molecule has 0 aromatic heterocycles. The van der Waals surface area contributed by atoms with Gasteiger partial charge in [-0.15, -0.1) is 0 Å². The van der Waals surface area contributed by atoms with E-state index in [-0.39, 0.29) is 67.9 Å². The second-order valence-corrected chi connectivity index (χ2v) is 12.6. The molecule has 6 aromatic rings. The smallest absolute Gasteiger partial charge is 0.347 e. The Morgan fingerprint density at radius 2 is 0.484 bits per heavy atom. The first-order chi connectivity index (χ1) is 29.9. The molecule has 0 atom stereocenters. The number of rotatable bonds is 15. The van der Waals surface area contributed by atoms with Gasteiger partial charge in [-0.3, -0.25) is 9.59 Å². The van der Waals surface area contributed by atoms with E-state index in [4.69, 9.17) is 28.4 Å². The molecule has 16 heteroatoms. The van der Waals surface area contributed by atoms with Crippen molar-refractivity contribution in [1.29, 1.82) is 0 Å². The van der Waals surface area contributed by atoms with Crippen LogP contribution in [0.15, 0.2) is 146 Å². The first-order valence-corrected chi connectivity index (χ1v) is 18.2. The summed E-state index contributed by atoms with van der Waals surface area (Å²) in [6, 6.07) is 33.1. The number of aromatic carboxylic acids is 2. The SMILES string of the molecule is O=C(CCC(=O)Oc1ccccc1C(=O)Oc1ccccc1C(=O)Oc1ccccc1C(=O)O)Oc1ccccc1C(=O)Oc1ccccc1C(=O)Oc1ccccc1C(=O)O. The Morgan fingerprint density at radius 1 is 0.290 bits per heavy atom. The first-order valence-electron chi connectivity index (χ1n) is 18.2. The van der Waals surface area contributed by atoms with Crippen LogP contribution in [-0.4, -0.2) is 58.0 Å². The van der Waals surface area contributed by atoms with E-state index >= 15 is 0 Å². The second kappa shape index (κ2) is 19.7. The number of hydrogen-bond donors (Lipinski definition) is 2. The molecule has 6 rings (SSSR count). The lowest BCUT2D eigenvalue weighted by atomic mass is 10.1. The van der Waals surface area contributed by atoms with E-state index in [1.807, 2.05) is 0 Å². The Morgan fingerprint density at radius 3 is 0.726 bits per heavy atom. The molecule has 0 spiro atoms. The largest absolute Gasteiger partial charge is 0.478 e. The first kappa shape index (κ1) is 42.7. The molecule has 0 aliphatic heterocycles. The van der Waals surface area contributed by atoms with Crippen molar-refractivity contribution >= 4 is 47.8 Å². The summed E-state index contributed by atoms with van der Waals surface area (Å²) < 4.78 is 32.3. The molecule has 0 bridgehead atoms. The van der Waals surface area contributed by atoms with Gasteiger partial charge in [0.25, 0.3) is 0 Å². The van der Waals surface area contributed by atoms with Crippen LogP contribution in [0.1, 0.15) is 75.0 Å². The van der Waals surface area contributed by atoms with Crippen LogP contribution in [0.2, 0.25) is 0 Å². The van der Waals surface area contributed by atoms with Gasteiger partial charge in [0.1, 0.15) is 67.9 Å². The Bertz CT molecular complexity index is 2550. The van der Waals surface area contributed by atoms with Crippen LogP contribution in [0.4, 0.5) is 0 Å². The van der Waals surface area contributed by atoms with Gasteiger partial charge in [-0.1, -0.05) is 72.8 Å². The molecule has 6 aromatic carbocycles. The van der Waals surface area contributed by atoms with Crippen LogP contribution >= 0.6 is 0 Å². The van der Waals surface area contributed by atoms with Gasteiger partial charge in [0.15, 0.2) is 0 Å². The third kappa shape index (κ3) is 10.6. The highest BCUT2D eigenvalue weighted by atomic mass is 16.6. The quantitative estimate of drug-likeness (QED) is 0.0765. The molecule has 2 N–H and O–H groups in total. The number of hydrogen-bond acceptors (Lipinski definition) is 14. The molecule has 0 heterocycles. The normalized spacial score (nSPS) is 10.4. The van der Waals surface area contributed by atoms with Gasteiger partial charge >= 0.3 is 47.8 Å². The highest BCUT2D eigenvalue weighted by Crippen LogP contribution is 2.29. The molecule has 0 fully saturated rings. The van der Waals surface area contributed by atoms with Crippen LogP contribution < -0.4 is 28.4 Å². The van der Waals surface area contributed by atoms with E-state index in [1.54, 1.807) is 0 Å². The summed E-state index contributed by atoms with van der Waals surface area (Å²) in [6.07, 6.45) is -1.08. The molecule has 310 valence electrons. The van der Waals surface area contributed by atoms with Crippen molar-refractivity contribution in [3.05, 3.63) is 179 Å². The summed E-state index contributed by atoms with van der Waals surface area (Å²) in [5, 5.41) is 18.9. The highest BCUT2D eigenvalue weighted by molar-refractivity contribution is 6.01. The molecule has 16 nitrogen and oxygen atoms in total. The summed E-state index contributed by atoms with van der Waals surface area (Å²) in [6.45, 7) is 0. The van der Waals surface area contributed by atoms with E-state index in [9.17, 15) is 48.6 Å². The lowest BCUT2D eigenvalue weighted by molar-refractivity contribution is -0.140. The van der Waals surface area contributed by atoms with Gasteiger partial charge in [0.2, 0.25) is 0 Å². The predicted molar refractivity (Wildman–Crippen MR) is 213 cm³/mol. The van der Waals surface area contributed by atoms with Gasteiger partial charge < -0.3 is 38.6 Å². The van der Waals surface area contributed by atoms with Crippen LogP contribution in [-0.2, 0) is 9.59 Å². The molecular formula is C46H30O16. The van der Waals surface area contributed by atoms with Gasteiger partial charge in [-0.25, -0.2) is 28.8 Å². The van der Waals surface area contributed by atoms with Crippen molar-refractivity contribution in [3.63, 3.8) is 0 Å². The average molecular weight is 839 g/mol. The number of ether oxygens (including phenoxy) is 6. The zero-order valence-electron chi connectivity index (χ0n) is 31.9. The molecule has 0 aliphatic rings. The van der Waals surface area contributed by atoms with Crippen molar-refractivity contribution in [2.75, 3.05) is 0 Å². The number of esters is 6. The maximum Gasteiger partial charge on any atom is 0.347 e. The minimum Gasteiger partial charge on any atom is -0.478 e. The fraction of sp³-hybridized carbons (Fsp3) is 0.0435. The lowest BCUT2D eigenvalue weighted by Gasteiger charge is -2.13. The van der Waals surface area contributed by atoms with E-state index in [0.717, 1.165) is 0 Å². The highest BCUT2D eigenvalue weighted by Gasteiger charge is 2.25. The number of carbonyl (C=O) groups is 8. The molecule has 62 heavy (non-hydrogen) atoms. The number of benzene rings is 6. The molecule has 0 radical (unpaired) electrons. The fourth-order valence-corrected chi connectivity index (χ4v) is 5.53. The topological polar surface area (TPSA) is 232 Å². The van der Waals surface area contributed by atoms with Crippen molar-refractivity contribution in [2.45, 2.75) is 12.8 Å². The van der Waals surface area contributed by atoms with Crippen molar-refractivity contribution in [1.82, 2.24) is 0 Å². The number of carboxylic acids is 2. The van der Waals surface area contributed by atoms with Crippen molar-refractivity contribution in [3.8, 4) is 34.5 Å². The van der Waals surface area contributed by atoms with E-state index < -0.39 is 60.6 Å². The zero-order chi connectivity index (χ0) is 44.2. The summed E-state index contributed by atoms with van der Waals surface area (Å²) in [7, 11) is 0. The maximum atomic E-state index is 13.3. The Hall–Kier alpha value is -8.92. The van der Waals surface area contributed by atoms with Gasteiger partial charge in [0.05, 0.1) is 12.8 Å². The Labute approximate surface area is 350 Å². The molecular weight excluding hydrogens is 808 g/mol. The third-order valence-electron chi connectivity index (χ3n) is 8.45. The van der Waals surface area contributed by atoms with Gasteiger partial charge in [0, 0.05) is 0 Å². The average Bonchev–Trinajstić information content (AvgIpc) is 3.26. The summed E-state index contributed by atoms with van der Waals surface area (Å²) >= 11 is 0. The van der Waals surface area contributed by atoms with Crippen molar-refractivity contribution < 1.29 is 77.0 Å². The van der Waals surface area contributed by atoms with Crippen LogP contribution in [0.3, 0.4) is 0 Å². The summed E-state index contributed by atoms with van der Waals surface area (Å²) in [4.78, 5) is 102. The van der Waals surface area contributed by atoms with Crippen molar-refractivity contribution in [2.24, 2.45) is 0 Å². The van der Waals surface area contributed by atoms with E-state index in [2.05, 4.69) is 0 Å². The Kier molecular flexibility index (Phi) is 13.6. The lowest BCUT2D eigenvalue weighted by Crippen LogP contribution is -2.19. The molecule has 0 saturated heterocycles. The molecule has 0 amide bonds. The second-order valence-electron chi connectivity index (χ2n) is 12.6. The molecule has 0 unspecified atom stereocenters. The number of carbonyl (C=O) groups excluding carboxylic acids is 6. The van der Waals surface area contributed by atoms with E-state index in [0.29, 0.717) is 0 Å². The predicted octanol–water partition coefficient (Wildman–Crippen LogP) is 7.25. The zero-order valence-corrected chi connectivity index (χ0v) is 31.9. The van der Waals surface area contributed by atoms with Crippen LogP contribution in [0.5, 0.6) is 34.5 Å². The molecule has 0 aliphatic carbocycles. The fourth-order valence-electron chi connectivity index (χ4n) is 5.53. The third-order valence-corrected chi connectivity index (χ3v) is 8.45.